The standard InChI is InChI=1S/C31H63NO2/c1-6-8-10-12-14-16-18-20-22-24-26-28-29(30(31(33)34)32(3,4)5)27-25-23-21-19-17-15-13-11-9-7-2/h29-30H,6-28H2,1-5H3. The number of hydrogen-bond acceptors (Lipinski definition) is 2. The first kappa shape index (κ1) is 33.4. The summed E-state index contributed by atoms with van der Waals surface area (Å²) in [6.07, 6.45) is 30.2. The first-order valence-corrected chi connectivity index (χ1v) is 15.4. The summed E-state index contributed by atoms with van der Waals surface area (Å²) in [4.78, 5) is 12.0. The van der Waals surface area contributed by atoms with E-state index < -0.39 is 5.97 Å². The molecule has 0 saturated carbocycles. The van der Waals surface area contributed by atoms with Gasteiger partial charge in [-0.25, -0.2) is 0 Å². The molecule has 0 spiro atoms. The highest BCUT2D eigenvalue weighted by Crippen LogP contribution is 2.27. The predicted octanol–water partition coefficient (Wildman–Crippen LogP) is 8.44. The number of carboxylic acids is 1. The van der Waals surface area contributed by atoms with E-state index in [1.54, 1.807) is 0 Å². The van der Waals surface area contributed by atoms with E-state index in [1.807, 2.05) is 21.1 Å². The Labute approximate surface area is 215 Å². The van der Waals surface area contributed by atoms with Crippen LogP contribution in [0.1, 0.15) is 162 Å². The van der Waals surface area contributed by atoms with Crippen molar-refractivity contribution in [2.24, 2.45) is 5.92 Å². The van der Waals surface area contributed by atoms with E-state index in [-0.39, 0.29) is 12.0 Å². The molecular formula is C31H63NO2. The Morgan fingerprint density at radius 3 is 1.03 bits per heavy atom. The fourth-order valence-electron chi connectivity index (χ4n) is 5.57. The van der Waals surface area contributed by atoms with Crippen molar-refractivity contribution in [2.45, 2.75) is 168 Å². The van der Waals surface area contributed by atoms with Crippen LogP contribution in [-0.2, 0) is 4.79 Å². The van der Waals surface area contributed by atoms with Crippen molar-refractivity contribution in [3.05, 3.63) is 0 Å². The molecule has 0 aromatic rings. The number of quaternary nitrogens is 1. The number of carbonyl (C=O) groups is 1. The molecule has 0 aliphatic heterocycles. The molecule has 0 saturated heterocycles. The summed E-state index contributed by atoms with van der Waals surface area (Å²) in [6, 6.07) is -0.387. The topological polar surface area (TPSA) is 40.1 Å². The van der Waals surface area contributed by atoms with Crippen molar-refractivity contribution in [1.82, 2.24) is 0 Å². The molecule has 3 heteroatoms. The molecule has 0 bridgehead atoms. The van der Waals surface area contributed by atoms with Gasteiger partial charge in [-0.15, -0.1) is 0 Å². The quantitative estimate of drug-likeness (QED) is 0.0918. The Balaban J connectivity index is 4.17. The molecule has 0 radical (unpaired) electrons. The molecule has 0 N–H and O–H groups in total. The summed E-state index contributed by atoms with van der Waals surface area (Å²) < 4.78 is 0.475. The Hall–Kier alpha value is -0.570. The van der Waals surface area contributed by atoms with E-state index in [1.165, 1.54) is 135 Å². The van der Waals surface area contributed by atoms with Gasteiger partial charge in [-0.05, 0) is 12.8 Å². The first-order valence-electron chi connectivity index (χ1n) is 15.4. The van der Waals surface area contributed by atoms with Crippen LogP contribution in [0.25, 0.3) is 0 Å². The molecule has 0 aliphatic rings. The average Bonchev–Trinajstić information content (AvgIpc) is 2.77. The van der Waals surface area contributed by atoms with Gasteiger partial charge in [-0.2, -0.15) is 0 Å². The third kappa shape index (κ3) is 19.7. The lowest BCUT2D eigenvalue weighted by molar-refractivity contribution is -0.893. The molecule has 0 fully saturated rings. The molecule has 0 aliphatic carbocycles. The van der Waals surface area contributed by atoms with Crippen LogP contribution in [0.2, 0.25) is 0 Å². The lowest BCUT2D eigenvalue weighted by Gasteiger charge is -2.40. The lowest BCUT2D eigenvalue weighted by Crippen LogP contribution is -2.58. The van der Waals surface area contributed by atoms with Crippen molar-refractivity contribution >= 4 is 5.97 Å². The van der Waals surface area contributed by atoms with Crippen molar-refractivity contribution in [1.29, 1.82) is 0 Å². The van der Waals surface area contributed by atoms with Crippen LogP contribution in [0.3, 0.4) is 0 Å². The van der Waals surface area contributed by atoms with Crippen LogP contribution in [-0.4, -0.2) is 37.6 Å². The Bertz CT molecular complexity index is 443. The van der Waals surface area contributed by atoms with Gasteiger partial charge >= 0.3 is 0 Å². The summed E-state index contributed by atoms with van der Waals surface area (Å²) >= 11 is 0. The summed E-state index contributed by atoms with van der Waals surface area (Å²) in [5.41, 5.74) is 0. The summed E-state index contributed by atoms with van der Waals surface area (Å²) in [6.45, 7) is 4.55. The maximum atomic E-state index is 12.0. The third-order valence-corrected chi connectivity index (χ3v) is 7.63. The zero-order valence-electron chi connectivity index (χ0n) is 24.2. The van der Waals surface area contributed by atoms with Gasteiger partial charge in [0.25, 0.3) is 0 Å². The average molecular weight is 482 g/mol. The van der Waals surface area contributed by atoms with Crippen LogP contribution in [0, 0.1) is 5.92 Å². The van der Waals surface area contributed by atoms with E-state index in [4.69, 9.17) is 0 Å². The van der Waals surface area contributed by atoms with E-state index >= 15 is 0 Å². The van der Waals surface area contributed by atoms with Gasteiger partial charge in [-0.3, -0.25) is 0 Å². The van der Waals surface area contributed by atoms with Crippen LogP contribution < -0.4 is 5.11 Å². The summed E-state index contributed by atoms with van der Waals surface area (Å²) in [5.74, 6) is -0.606. The van der Waals surface area contributed by atoms with Gasteiger partial charge in [-0.1, -0.05) is 149 Å². The third-order valence-electron chi connectivity index (χ3n) is 7.63. The van der Waals surface area contributed by atoms with Gasteiger partial charge in [0.05, 0.1) is 27.1 Å². The van der Waals surface area contributed by atoms with Crippen molar-refractivity contribution in [2.75, 3.05) is 21.1 Å². The molecule has 34 heavy (non-hydrogen) atoms. The second kappa shape index (κ2) is 22.9. The molecule has 3 nitrogen and oxygen atoms in total. The fraction of sp³-hybridized carbons (Fsp3) is 0.968. The molecule has 0 heterocycles. The normalized spacial score (nSPS) is 13.8. The van der Waals surface area contributed by atoms with Crippen LogP contribution in [0.5, 0.6) is 0 Å². The van der Waals surface area contributed by atoms with E-state index in [9.17, 15) is 9.90 Å². The molecule has 204 valence electrons. The van der Waals surface area contributed by atoms with Crippen LogP contribution >= 0.6 is 0 Å². The van der Waals surface area contributed by atoms with Crippen molar-refractivity contribution in [3.8, 4) is 0 Å². The van der Waals surface area contributed by atoms with E-state index in [2.05, 4.69) is 13.8 Å². The number of likely N-dealkylation sites (N-methyl/N-ethyl adjacent to an activating group) is 1. The minimum atomic E-state index is -0.854. The highest BCUT2D eigenvalue weighted by Gasteiger charge is 2.33. The maximum absolute atomic E-state index is 12.0. The molecule has 0 rings (SSSR count). The van der Waals surface area contributed by atoms with Crippen LogP contribution in [0.15, 0.2) is 0 Å². The minimum Gasteiger partial charge on any atom is -0.544 e. The van der Waals surface area contributed by atoms with Gasteiger partial charge < -0.3 is 14.4 Å². The molecular weight excluding hydrogens is 418 g/mol. The number of carbonyl (C=O) groups excluding carboxylic acids is 1. The second-order valence-electron chi connectivity index (χ2n) is 11.9. The Morgan fingerprint density at radius 2 is 0.794 bits per heavy atom. The predicted molar refractivity (Wildman–Crippen MR) is 148 cm³/mol. The lowest BCUT2D eigenvalue weighted by atomic mass is 9.86. The summed E-state index contributed by atoms with van der Waals surface area (Å²) in [5, 5.41) is 12.0. The monoisotopic (exact) mass is 481 g/mol. The van der Waals surface area contributed by atoms with Crippen molar-refractivity contribution < 1.29 is 14.4 Å². The number of rotatable bonds is 26. The zero-order chi connectivity index (χ0) is 25.5. The van der Waals surface area contributed by atoms with Gasteiger partial charge in [0.1, 0.15) is 6.04 Å². The minimum absolute atomic E-state index is 0.248. The van der Waals surface area contributed by atoms with Gasteiger partial charge in [0.2, 0.25) is 0 Å². The summed E-state index contributed by atoms with van der Waals surface area (Å²) in [7, 11) is 6.06. The molecule has 2 atom stereocenters. The van der Waals surface area contributed by atoms with E-state index in [0.29, 0.717) is 4.48 Å². The number of hydrogen-bond donors (Lipinski definition) is 0. The SMILES string of the molecule is CCCCCCCCCCCCCC(CCCCCCCCCCCC)C(C(=O)[O-])[N+](C)(C)C. The van der Waals surface area contributed by atoms with Crippen molar-refractivity contribution in [3.63, 3.8) is 0 Å². The van der Waals surface area contributed by atoms with E-state index in [0.717, 1.165) is 12.8 Å². The highest BCUT2D eigenvalue weighted by molar-refractivity contribution is 5.70. The number of aliphatic carboxylic acids is 1. The molecule has 0 amide bonds. The smallest absolute Gasteiger partial charge is 0.131 e. The largest absolute Gasteiger partial charge is 0.544 e. The molecule has 2 unspecified atom stereocenters. The number of carboxylic acid groups (broad SMARTS) is 1. The highest BCUT2D eigenvalue weighted by atomic mass is 16.4. The maximum Gasteiger partial charge on any atom is 0.131 e. The number of unbranched alkanes of at least 4 members (excludes halogenated alkanes) is 19. The van der Waals surface area contributed by atoms with Gasteiger partial charge in [0, 0.05) is 5.92 Å². The Kier molecular flexibility index (Phi) is 22.5. The fourth-order valence-corrected chi connectivity index (χ4v) is 5.57. The zero-order valence-corrected chi connectivity index (χ0v) is 24.2. The number of nitrogens with zero attached hydrogens (tertiary/aromatic N) is 1. The first-order chi connectivity index (χ1) is 16.3. The second-order valence-corrected chi connectivity index (χ2v) is 11.9. The van der Waals surface area contributed by atoms with Crippen LogP contribution in [0.4, 0.5) is 0 Å². The molecule has 0 aromatic heterocycles. The van der Waals surface area contributed by atoms with Gasteiger partial charge in [0.15, 0.2) is 0 Å². The Morgan fingerprint density at radius 1 is 0.529 bits per heavy atom. The molecule has 0 aromatic carbocycles.